The number of carboxylic acids is 1. The fourth-order valence-corrected chi connectivity index (χ4v) is 1.75. The number of carbonyl (C=O) groups excluding carboxylic acids is 3. The number of piperidine rings is 1. The van der Waals surface area contributed by atoms with Crippen LogP contribution in [0.5, 0.6) is 0 Å². The van der Waals surface area contributed by atoms with Gasteiger partial charge in [-0.15, -0.1) is 0 Å². The molecule has 9 heteroatoms. The Morgan fingerprint density at radius 3 is 2.70 bits per heavy atom. The number of nitrogens with one attached hydrogen (secondary N) is 2. The van der Waals surface area contributed by atoms with Gasteiger partial charge in [0.15, 0.2) is 6.04 Å². The van der Waals surface area contributed by atoms with Crippen LogP contribution in [0, 0.1) is 0 Å². The first-order chi connectivity index (χ1) is 9.36. The maximum Gasteiger partial charge on any atom is 0.328 e. The maximum atomic E-state index is 11.7. The molecule has 0 radical (unpaired) electrons. The van der Waals surface area contributed by atoms with Crippen molar-refractivity contribution in [2.24, 2.45) is 0 Å². The fourth-order valence-electron chi connectivity index (χ4n) is 1.75. The van der Waals surface area contributed by atoms with E-state index in [1.165, 1.54) is 14.2 Å². The fraction of sp³-hybridized carbons (Fsp3) is 0.636. The Balaban J connectivity index is 2.55. The quantitative estimate of drug-likeness (QED) is 0.530. The molecule has 1 heterocycles. The smallest absolute Gasteiger partial charge is 0.328 e. The van der Waals surface area contributed by atoms with E-state index in [-0.39, 0.29) is 25.4 Å². The Morgan fingerprint density at radius 1 is 1.50 bits per heavy atom. The van der Waals surface area contributed by atoms with Crippen LogP contribution in [0.25, 0.3) is 0 Å². The van der Waals surface area contributed by atoms with Crippen molar-refractivity contribution in [3.05, 3.63) is 0 Å². The molecule has 1 fully saturated rings. The standard InChI is InChI=1S/C11H17N3O6/c1-14-8(15)4-3-6(9(14)16)12-11(19)13-7(5-20-2)10(17)18/h6-7H,3-5H2,1-2H3,(H,17,18)(H2,12,13,19). The minimum absolute atomic E-state index is 0.146. The molecule has 0 saturated carbocycles. The summed E-state index contributed by atoms with van der Waals surface area (Å²) in [5.41, 5.74) is 0. The lowest BCUT2D eigenvalue weighted by Crippen LogP contribution is -2.57. The zero-order chi connectivity index (χ0) is 15.3. The zero-order valence-electron chi connectivity index (χ0n) is 11.2. The number of methoxy groups -OCH3 is 1. The van der Waals surface area contributed by atoms with Gasteiger partial charge in [-0.2, -0.15) is 0 Å². The number of carboxylic acid groups (broad SMARTS) is 1. The first-order valence-corrected chi connectivity index (χ1v) is 5.96. The highest BCUT2D eigenvalue weighted by molar-refractivity contribution is 6.01. The van der Waals surface area contributed by atoms with Gasteiger partial charge in [-0.1, -0.05) is 0 Å². The molecule has 1 rings (SSSR count). The molecular weight excluding hydrogens is 270 g/mol. The molecule has 4 amide bonds. The number of likely N-dealkylation sites (N-methyl/N-ethyl adjacent to an activating group) is 1. The van der Waals surface area contributed by atoms with E-state index in [9.17, 15) is 19.2 Å². The van der Waals surface area contributed by atoms with Crippen molar-refractivity contribution >= 4 is 23.8 Å². The molecule has 9 nitrogen and oxygen atoms in total. The average Bonchev–Trinajstić information content (AvgIpc) is 2.39. The second-order valence-electron chi connectivity index (χ2n) is 4.35. The first-order valence-electron chi connectivity index (χ1n) is 5.96. The molecule has 2 unspecified atom stereocenters. The van der Waals surface area contributed by atoms with Gasteiger partial charge < -0.3 is 20.5 Å². The number of likely N-dealkylation sites (tertiary alicyclic amines) is 1. The Labute approximate surface area is 115 Å². The molecule has 2 atom stereocenters. The molecule has 1 saturated heterocycles. The van der Waals surface area contributed by atoms with Crippen molar-refractivity contribution in [1.82, 2.24) is 15.5 Å². The number of hydrogen-bond donors (Lipinski definition) is 3. The summed E-state index contributed by atoms with van der Waals surface area (Å²) in [6.07, 6.45) is 0.338. The summed E-state index contributed by atoms with van der Waals surface area (Å²) in [5, 5.41) is 13.4. The van der Waals surface area contributed by atoms with Gasteiger partial charge in [0.25, 0.3) is 5.91 Å². The maximum absolute atomic E-state index is 11.7. The number of hydrogen-bond acceptors (Lipinski definition) is 5. The number of urea groups is 1. The zero-order valence-corrected chi connectivity index (χ0v) is 11.2. The second kappa shape index (κ2) is 6.85. The van der Waals surface area contributed by atoms with Gasteiger partial charge >= 0.3 is 12.0 Å². The molecule has 20 heavy (non-hydrogen) atoms. The summed E-state index contributed by atoms with van der Waals surface area (Å²) in [7, 11) is 2.64. The van der Waals surface area contributed by atoms with Gasteiger partial charge in [0.1, 0.15) is 6.04 Å². The Morgan fingerprint density at radius 2 is 2.15 bits per heavy atom. The van der Waals surface area contributed by atoms with Gasteiger partial charge in [-0.05, 0) is 6.42 Å². The molecule has 1 aliphatic heterocycles. The summed E-state index contributed by atoms with van der Waals surface area (Å²) >= 11 is 0. The lowest BCUT2D eigenvalue weighted by molar-refractivity contribution is -0.147. The van der Waals surface area contributed by atoms with Crippen molar-refractivity contribution < 1.29 is 29.0 Å². The minimum Gasteiger partial charge on any atom is -0.480 e. The van der Waals surface area contributed by atoms with Crippen LogP contribution >= 0.6 is 0 Å². The summed E-state index contributed by atoms with van der Waals surface area (Å²) in [4.78, 5) is 46.4. The Bertz CT molecular complexity index is 424. The molecule has 0 aromatic rings. The summed E-state index contributed by atoms with van der Waals surface area (Å²) in [6, 6.07) is -2.84. The van der Waals surface area contributed by atoms with Gasteiger partial charge in [0.05, 0.1) is 6.61 Å². The van der Waals surface area contributed by atoms with Crippen molar-refractivity contribution in [2.45, 2.75) is 24.9 Å². The second-order valence-corrected chi connectivity index (χ2v) is 4.35. The van der Waals surface area contributed by atoms with E-state index in [0.29, 0.717) is 0 Å². The predicted octanol–water partition coefficient (Wildman–Crippen LogP) is -1.47. The number of rotatable bonds is 5. The third kappa shape index (κ3) is 3.92. The number of ether oxygens (including phenoxy) is 1. The van der Waals surface area contributed by atoms with E-state index < -0.39 is 30.0 Å². The summed E-state index contributed by atoms with van der Waals surface area (Å²) in [6.45, 7) is -0.195. The van der Waals surface area contributed by atoms with E-state index in [1.54, 1.807) is 0 Å². The number of imide groups is 1. The highest BCUT2D eigenvalue weighted by atomic mass is 16.5. The van der Waals surface area contributed by atoms with Crippen LogP contribution in [-0.4, -0.2) is 66.7 Å². The van der Waals surface area contributed by atoms with E-state index >= 15 is 0 Å². The highest BCUT2D eigenvalue weighted by Crippen LogP contribution is 2.11. The largest absolute Gasteiger partial charge is 0.480 e. The first kappa shape index (κ1) is 15.9. The van der Waals surface area contributed by atoms with Crippen LogP contribution in [0.15, 0.2) is 0 Å². The van der Waals surface area contributed by atoms with Crippen molar-refractivity contribution in [3.8, 4) is 0 Å². The van der Waals surface area contributed by atoms with Crippen LogP contribution in [-0.2, 0) is 19.1 Å². The van der Waals surface area contributed by atoms with Crippen LogP contribution in [0.1, 0.15) is 12.8 Å². The molecule has 1 aliphatic rings. The Kier molecular flexibility index (Phi) is 5.44. The number of carbonyl (C=O) groups is 4. The van der Waals surface area contributed by atoms with Crippen molar-refractivity contribution in [2.75, 3.05) is 20.8 Å². The summed E-state index contributed by atoms with van der Waals surface area (Å²) < 4.78 is 4.67. The van der Waals surface area contributed by atoms with Gasteiger partial charge in [-0.3, -0.25) is 14.5 Å². The van der Waals surface area contributed by atoms with Gasteiger partial charge in [0, 0.05) is 20.6 Å². The monoisotopic (exact) mass is 287 g/mol. The van der Waals surface area contributed by atoms with Crippen LogP contribution in [0.2, 0.25) is 0 Å². The van der Waals surface area contributed by atoms with Crippen molar-refractivity contribution in [3.63, 3.8) is 0 Å². The molecule has 0 aromatic heterocycles. The molecule has 0 bridgehead atoms. The number of amides is 4. The van der Waals surface area contributed by atoms with Gasteiger partial charge in [-0.25, -0.2) is 9.59 Å². The van der Waals surface area contributed by atoms with Crippen LogP contribution in [0.3, 0.4) is 0 Å². The van der Waals surface area contributed by atoms with Crippen LogP contribution in [0.4, 0.5) is 4.79 Å². The predicted molar refractivity (Wildman–Crippen MR) is 65.8 cm³/mol. The normalized spacial score (nSPS) is 20.5. The van der Waals surface area contributed by atoms with Crippen LogP contribution < -0.4 is 10.6 Å². The molecule has 0 aromatic carbocycles. The topological polar surface area (TPSA) is 125 Å². The third-order valence-corrected chi connectivity index (χ3v) is 2.89. The number of nitrogens with zero attached hydrogens (tertiary/aromatic N) is 1. The molecule has 0 spiro atoms. The van der Waals surface area contributed by atoms with E-state index in [4.69, 9.17) is 5.11 Å². The molecule has 112 valence electrons. The molecule has 0 aliphatic carbocycles. The lowest BCUT2D eigenvalue weighted by Gasteiger charge is -2.28. The SMILES string of the molecule is COCC(NC(=O)NC1CCC(=O)N(C)C1=O)C(=O)O. The lowest BCUT2D eigenvalue weighted by atomic mass is 10.1. The third-order valence-electron chi connectivity index (χ3n) is 2.89. The summed E-state index contributed by atoms with van der Waals surface area (Å²) in [5.74, 6) is -2.07. The van der Waals surface area contributed by atoms with E-state index in [1.807, 2.05) is 0 Å². The van der Waals surface area contributed by atoms with Crippen molar-refractivity contribution in [1.29, 1.82) is 0 Å². The molecule has 3 N–H and O–H groups in total. The minimum atomic E-state index is -1.25. The average molecular weight is 287 g/mol. The molecular formula is C11H17N3O6. The number of aliphatic carboxylic acids is 1. The highest BCUT2D eigenvalue weighted by Gasteiger charge is 2.33. The van der Waals surface area contributed by atoms with Gasteiger partial charge in [0.2, 0.25) is 5.91 Å². The van der Waals surface area contributed by atoms with E-state index in [2.05, 4.69) is 15.4 Å². The Hall–Kier alpha value is -2.16. The van der Waals surface area contributed by atoms with E-state index in [0.717, 1.165) is 4.90 Å².